The third-order valence-electron chi connectivity index (χ3n) is 3.30. The smallest absolute Gasteiger partial charge is 0.255 e. The van der Waals surface area contributed by atoms with Crippen LogP contribution in [0.1, 0.15) is 10.4 Å². The summed E-state index contributed by atoms with van der Waals surface area (Å²) in [5.41, 5.74) is 3.32. The van der Waals surface area contributed by atoms with Crippen LogP contribution in [0.4, 0.5) is 11.4 Å². The van der Waals surface area contributed by atoms with Crippen LogP contribution in [0.3, 0.4) is 0 Å². The van der Waals surface area contributed by atoms with Gasteiger partial charge in [-0.05, 0) is 30.3 Å². The number of hydrogen-bond donors (Lipinski definition) is 1. The van der Waals surface area contributed by atoms with Gasteiger partial charge in [0.15, 0.2) is 0 Å². The predicted octanol–water partition coefficient (Wildman–Crippen LogP) is 2.65. The minimum Gasteiger partial charge on any atom is -0.378 e. The van der Waals surface area contributed by atoms with Gasteiger partial charge in [0.2, 0.25) is 0 Å². The van der Waals surface area contributed by atoms with E-state index in [1.807, 2.05) is 59.9 Å². The number of nitrogens with zero attached hydrogens (tertiary/aromatic N) is 3. The molecule has 0 aliphatic carbocycles. The zero-order valence-corrected chi connectivity index (χ0v) is 11.9. The fourth-order valence-corrected chi connectivity index (χ4v) is 2.13. The minimum atomic E-state index is -0.130. The van der Waals surface area contributed by atoms with Gasteiger partial charge in [-0.25, -0.2) is 4.98 Å². The average Bonchev–Trinajstić information content (AvgIpc) is 2.94. The second-order valence-electron chi connectivity index (χ2n) is 5.04. The first-order valence-electron chi connectivity index (χ1n) is 6.64. The van der Waals surface area contributed by atoms with E-state index in [2.05, 4.69) is 10.3 Å². The van der Waals surface area contributed by atoms with Gasteiger partial charge in [-0.2, -0.15) is 0 Å². The number of amides is 1. The maximum absolute atomic E-state index is 12.3. The largest absolute Gasteiger partial charge is 0.378 e. The third kappa shape index (κ3) is 2.72. The Balaban J connectivity index is 1.83. The molecule has 21 heavy (non-hydrogen) atoms. The maximum atomic E-state index is 12.3. The lowest BCUT2D eigenvalue weighted by atomic mass is 10.2. The molecule has 0 bridgehead atoms. The highest BCUT2D eigenvalue weighted by molar-refractivity contribution is 6.05. The molecule has 5 heteroatoms. The standard InChI is InChI=1S/C16H16N4O/c1-19(2)14-5-3-4-13(9-14)18-16(21)12-6-7-20-11-17-10-15(20)8-12/h3-11H,1-2H3,(H,18,21). The van der Waals surface area contributed by atoms with Crippen molar-refractivity contribution in [1.29, 1.82) is 0 Å². The van der Waals surface area contributed by atoms with Gasteiger partial charge in [0, 0.05) is 37.2 Å². The molecule has 1 aromatic carbocycles. The summed E-state index contributed by atoms with van der Waals surface area (Å²) in [5, 5.41) is 2.92. The van der Waals surface area contributed by atoms with Gasteiger partial charge < -0.3 is 14.6 Å². The summed E-state index contributed by atoms with van der Waals surface area (Å²) in [4.78, 5) is 18.3. The van der Waals surface area contributed by atoms with Gasteiger partial charge in [-0.3, -0.25) is 4.79 Å². The fourth-order valence-electron chi connectivity index (χ4n) is 2.13. The number of nitrogens with one attached hydrogen (secondary N) is 1. The van der Waals surface area contributed by atoms with Crippen molar-refractivity contribution >= 4 is 22.8 Å². The van der Waals surface area contributed by atoms with Crippen LogP contribution in [0.15, 0.2) is 55.1 Å². The number of benzene rings is 1. The van der Waals surface area contributed by atoms with Crippen molar-refractivity contribution in [3.05, 3.63) is 60.7 Å². The topological polar surface area (TPSA) is 49.6 Å². The van der Waals surface area contributed by atoms with Crippen molar-refractivity contribution < 1.29 is 4.79 Å². The normalized spacial score (nSPS) is 10.6. The van der Waals surface area contributed by atoms with E-state index in [4.69, 9.17) is 0 Å². The summed E-state index contributed by atoms with van der Waals surface area (Å²) in [6.07, 6.45) is 5.26. The Morgan fingerprint density at radius 3 is 2.90 bits per heavy atom. The fraction of sp³-hybridized carbons (Fsp3) is 0.125. The van der Waals surface area contributed by atoms with E-state index in [1.54, 1.807) is 18.6 Å². The SMILES string of the molecule is CN(C)c1cccc(NC(=O)c2ccn3cncc3c2)c1. The van der Waals surface area contributed by atoms with Crippen LogP contribution in [-0.4, -0.2) is 29.4 Å². The van der Waals surface area contributed by atoms with E-state index < -0.39 is 0 Å². The molecule has 1 amide bonds. The molecule has 0 aliphatic rings. The Hall–Kier alpha value is -2.82. The van der Waals surface area contributed by atoms with E-state index in [-0.39, 0.29) is 5.91 Å². The second kappa shape index (κ2) is 5.28. The summed E-state index contributed by atoms with van der Waals surface area (Å²) < 4.78 is 1.86. The zero-order valence-electron chi connectivity index (χ0n) is 11.9. The van der Waals surface area contributed by atoms with Crippen molar-refractivity contribution in [2.24, 2.45) is 0 Å². The van der Waals surface area contributed by atoms with Crippen molar-refractivity contribution in [3.63, 3.8) is 0 Å². The molecule has 0 radical (unpaired) electrons. The van der Waals surface area contributed by atoms with Crippen LogP contribution < -0.4 is 10.2 Å². The van der Waals surface area contributed by atoms with Crippen LogP contribution in [0.5, 0.6) is 0 Å². The number of carbonyl (C=O) groups is 1. The number of hydrogen-bond acceptors (Lipinski definition) is 3. The summed E-state index contributed by atoms with van der Waals surface area (Å²) in [6.45, 7) is 0. The lowest BCUT2D eigenvalue weighted by Crippen LogP contribution is -2.13. The Morgan fingerprint density at radius 1 is 1.24 bits per heavy atom. The first-order chi connectivity index (χ1) is 10.1. The molecule has 0 saturated heterocycles. The highest BCUT2D eigenvalue weighted by atomic mass is 16.1. The van der Waals surface area contributed by atoms with Crippen molar-refractivity contribution in [2.45, 2.75) is 0 Å². The van der Waals surface area contributed by atoms with Crippen molar-refractivity contribution in [1.82, 2.24) is 9.38 Å². The Morgan fingerprint density at radius 2 is 2.10 bits per heavy atom. The number of rotatable bonds is 3. The number of imidazole rings is 1. The monoisotopic (exact) mass is 280 g/mol. The van der Waals surface area contributed by atoms with Crippen LogP contribution in [-0.2, 0) is 0 Å². The molecule has 3 aromatic rings. The van der Waals surface area contributed by atoms with E-state index in [9.17, 15) is 4.79 Å². The zero-order chi connectivity index (χ0) is 14.8. The van der Waals surface area contributed by atoms with Crippen LogP contribution in [0.25, 0.3) is 5.52 Å². The lowest BCUT2D eigenvalue weighted by molar-refractivity contribution is 0.102. The Labute approximate surface area is 122 Å². The molecular formula is C16H16N4O. The first-order valence-corrected chi connectivity index (χ1v) is 6.64. The molecule has 2 aromatic heterocycles. The molecule has 0 spiro atoms. The molecule has 2 heterocycles. The van der Waals surface area contributed by atoms with E-state index >= 15 is 0 Å². The molecule has 3 rings (SSSR count). The maximum Gasteiger partial charge on any atom is 0.255 e. The van der Waals surface area contributed by atoms with Gasteiger partial charge in [0.25, 0.3) is 5.91 Å². The van der Waals surface area contributed by atoms with Gasteiger partial charge in [-0.15, -0.1) is 0 Å². The van der Waals surface area contributed by atoms with E-state index in [0.717, 1.165) is 16.9 Å². The summed E-state index contributed by atoms with van der Waals surface area (Å²) in [5.74, 6) is -0.130. The van der Waals surface area contributed by atoms with Gasteiger partial charge in [0.05, 0.1) is 18.0 Å². The third-order valence-corrected chi connectivity index (χ3v) is 3.30. The van der Waals surface area contributed by atoms with Crippen LogP contribution in [0, 0.1) is 0 Å². The van der Waals surface area contributed by atoms with Crippen molar-refractivity contribution in [2.75, 3.05) is 24.3 Å². The minimum absolute atomic E-state index is 0.130. The summed E-state index contributed by atoms with van der Waals surface area (Å²) in [6, 6.07) is 11.3. The molecule has 0 unspecified atom stereocenters. The van der Waals surface area contributed by atoms with Gasteiger partial charge in [-0.1, -0.05) is 6.07 Å². The molecule has 106 valence electrons. The molecule has 0 fully saturated rings. The van der Waals surface area contributed by atoms with E-state index in [1.165, 1.54) is 0 Å². The quantitative estimate of drug-likeness (QED) is 0.802. The predicted molar refractivity (Wildman–Crippen MR) is 83.9 cm³/mol. The van der Waals surface area contributed by atoms with E-state index in [0.29, 0.717) is 5.56 Å². The second-order valence-corrected chi connectivity index (χ2v) is 5.04. The molecule has 1 N–H and O–H groups in total. The summed E-state index contributed by atoms with van der Waals surface area (Å²) >= 11 is 0. The number of carbonyl (C=O) groups excluding carboxylic acids is 1. The molecule has 0 atom stereocenters. The Kier molecular flexibility index (Phi) is 3.31. The lowest BCUT2D eigenvalue weighted by Gasteiger charge is -2.14. The average molecular weight is 280 g/mol. The van der Waals surface area contributed by atoms with Crippen LogP contribution >= 0.6 is 0 Å². The molecule has 5 nitrogen and oxygen atoms in total. The highest BCUT2D eigenvalue weighted by Crippen LogP contribution is 2.18. The Bertz CT molecular complexity index is 792. The number of fused-ring (bicyclic) bond motifs is 1. The molecule has 0 aliphatic heterocycles. The molecule has 0 saturated carbocycles. The van der Waals surface area contributed by atoms with Gasteiger partial charge in [0.1, 0.15) is 0 Å². The van der Waals surface area contributed by atoms with Crippen molar-refractivity contribution in [3.8, 4) is 0 Å². The highest BCUT2D eigenvalue weighted by Gasteiger charge is 2.08. The summed E-state index contributed by atoms with van der Waals surface area (Å²) in [7, 11) is 3.93. The number of pyridine rings is 1. The van der Waals surface area contributed by atoms with Crippen LogP contribution in [0.2, 0.25) is 0 Å². The molecular weight excluding hydrogens is 264 g/mol. The first kappa shape index (κ1) is 13.2. The number of anilines is 2. The number of aromatic nitrogens is 2. The van der Waals surface area contributed by atoms with Gasteiger partial charge >= 0.3 is 0 Å².